The Hall–Kier alpha value is -1.08. The van der Waals surface area contributed by atoms with E-state index < -0.39 is 0 Å². The molecule has 13 heavy (non-hydrogen) atoms. The summed E-state index contributed by atoms with van der Waals surface area (Å²) in [6.07, 6.45) is 6.76. The van der Waals surface area contributed by atoms with Crippen molar-refractivity contribution in [2.45, 2.75) is 18.9 Å². The highest BCUT2D eigenvalue weighted by Crippen LogP contribution is 2.12. The van der Waals surface area contributed by atoms with Gasteiger partial charge >= 0.3 is 0 Å². The molecule has 1 aliphatic rings. The van der Waals surface area contributed by atoms with E-state index >= 15 is 0 Å². The molecule has 1 aromatic rings. The van der Waals surface area contributed by atoms with Crippen LogP contribution in [0.15, 0.2) is 42.5 Å². The maximum absolute atomic E-state index is 5.60. The Labute approximate surface area is 79.0 Å². The van der Waals surface area contributed by atoms with Crippen LogP contribution >= 0.6 is 0 Å². The first-order valence-corrected chi connectivity index (χ1v) is 4.75. The summed E-state index contributed by atoms with van der Waals surface area (Å²) in [4.78, 5) is 0. The Balaban J connectivity index is 1.94. The number of ether oxygens (including phenoxy) is 1. The van der Waals surface area contributed by atoms with Crippen LogP contribution in [0.5, 0.6) is 0 Å². The minimum atomic E-state index is 0.382. The number of rotatable bonds is 2. The highest BCUT2D eigenvalue weighted by atomic mass is 16.5. The molecule has 0 fully saturated rings. The van der Waals surface area contributed by atoms with E-state index in [1.165, 1.54) is 5.56 Å². The van der Waals surface area contributed by atoms with Gasteiger partial charge in [-0.3, -0.25) is 0 Å². The molecule has 0 saturated heterocycles. The lowest BCUT2D eigenvalue weighted by Gasteiger charge is -2.18. The topological polar surface area (TPSA) is 9.23 Å². The van der Waals surface area contributed by atoms with Gasteiger partial charge in [-0.1, -0.05) is 42.5 Å². The normalized spacial score (nSPS) is 21.7. The lowest BCUT2D eigenvalue weighted by Crippen LogP contribution is -2.18. The molecule has 0 amide bonds. The zero-order chi connectivity index (χ0) is 8.93. The number of hydrogen-bond acceptors (Lipinski definition) is 1. The van der Waals surface area contributed by atoms with Crippen LogP contribution in [0.4, 0.5) is 0 Å². The highest BCUT2D eigenvalue weighted by molar-refractivity contribution is 5.16. The molecule has 0 aromatic heterocycles. The Morgan fingerprint density at radius 1 is 1.15 bits per heavy atom. The van der Waals surface area contributed by atoms with Gasteiger partial charge in [-0.15, -0.1) is 0 Å². The van der Waals surface area contributed by atoms with Crippen molar-refractivity contribution >= 4 is 0 Å². The zero-order valence-corrected chi connectivity index (χ0v) is 7.65. The first-order chi connectivity index (χ1) is 6.45. The Bertz CT molecular complexity index is 276. The third-order valence-corrected chi connectivity index (χ3v) is 2.30. The average Bonchev–Trinajstić information content (AvgIpc) is 2.21. The maximum Gasteiger partial charge on any atom is 0.0654 e. The minimum Gasteiger partial charge on any atom is -0.374 e. The summed E-state index contributed by atoms with van der Waals surface area (Å²) in [7, 11) is 0. The first-order valence-electron chi connectivity index (χ1n) is 4.75. The predicted octanol–water partition coefficient (Wildman–Crippen LogP) is 2.57. The zero-order valence-electron chi connectivity index (χ0n) is 7.65. The fourth-order valence-electron chi connectivity index (χ4n) is 1.59. The Kier molecular flexibility index (Phi) is 2.78. The molecule has 0 radical (unpaired) electrons. The largest absolute Gasteiger partial charge is 0.374 e. The van der Waals surface area contributed by atoms with E-state index in [-0.39, 0.29) is 0 Å². The van der Waals surface area contributed by atoms with Crippen molar-refractivity contribution in [3.8, 4) is 0 Å². The summed E-state index contributed by atoms with van der Waals surface area (Å²) in [5, 5.41) is 0. The van der Waals surface area contributed by atoms with Gasteiger partial charge in [0.15, 0.2) is 0 Å². The molecule has 0 bridgehead atoms. The van der Waals surface area contributed by atoms with Crippen molar-refractivity contribution in [3.05, 3.63) is 48.0 Å². The fourth-order valence-corrected chi connectivity index (χ4v) is 1.59. The van der Waals surface area contributed by atoms with Gasteiger partial charge in [0.2, 0.25) is 0 Å². The summed E-state index contributed by atoms with van der Waals surface area (Å²) < 4.78 is 5.60. The second-order valence-corrected chi connectivity index (χ2v) is 3.35. The minimum absolute atomic E-state index is 0.382. The quantitative estimate of drug-likeness (QED) is 0.626. The number of benzene rings is 1. The van der Waals surface area contributed by atoms with Gasteiger partial charge in [-0.05, 0) is 18.4 Å². The molecular formula is C12H14O. The van der Waals surface area contributed by atoms with E-state index in [1.54, 1.807) is 0 Å². The summed E-state index contributed by atoms with van der Waals surface area (Å²) in [6.45, 7) is 0.775. The summed E-state index contributed by atoms with van der Waals surface area (Å²) in [6, 6.07) is 10.5. The second kappa shape index (κ2) is 4.24. The Morgan fingerprint density at radius 2 is 2.00 bits per heavy atom. The smallest absolute Gasteiger partial charge is 0.0654 e. The Morgan fingerprint density at radius 3 is 2.69 bits per heavy atom. The van der Waals surface area contributed by atoms with Crippen LogP contribution in [-0.4, -0.2) is 12.7 Å². The average molecular weight is 174 g/mol. The van der Waals surface area contributed by atoms with Crippen molar-refractivity contribution in [2.24, 2.45) is 0 Å². The third-order valence-electron chi connectivity index (χ3n) is 2.30. The molecule has 1 aliphatic heterocycles. The summed E-state index contributed by atoms with van der Waals surface area (Å²) in [5.74, 6) is 0. The highest BCUT2D eigenvalue weighted by Gasteiger charge is 2.09. The molecule has 0 aliphatic carbocycles. The van der Waals surface area contributed by atoms with E-state index in [1.807, 2.05) is 6.07 Å². The molecule has 1 heteroatoms. The fraction of sp³-hybridized carbons (Fsp3) is 0.333. The molecule has 1 atom stereocenters. The van der Waals surface area contributed by atoms with Crippen LogP contribution in [-0.2, 0) is 11.2 Å². The van der Waals surface area contributed by atoms with Crippen LogP contribution in [0.1, 0.15) is 12.0 Å². The lowest BCUT2D eigenvalue weighted by atomic mass is 10.0. The summed E-state index contributed by atoms with van der Waals surface area (Å²) >= 11 is 0. The van der Waals surface area contributed by atoms with E-state index in [0.717, 1.165) is 19.4 Å². The lowest BCUT2D eigenvalue weighted by molar-refractivity contribution is 0.0684. The first kappa shape index (κ1) is 8.52. The summed E-state index contributed by atoms with van der Waals surface area (Å²) in [5.41, 5.74) is 1.36. The maximum atomic E-state index is 5.60. The SMILES string of the molecule is C1=CC[C@H](Cc2ccccc2)OC1. The van der Waals surface area contributed by atoms with Crippen molar-refractivity contribution in [1.29, 1.82) is 0 Å². The van der Waals surface area contributed by atoms with Gasteiger partial charge in [-0.2, -0.15) is 0 Å². The van der Waals surface area contributed by atoms with E-state index in [9.17, 15) is 0 Å². The van der Waals surface area contributed by atoms with Crippen LogP contribution in [0, 0.1) is 0 Å². The van der Waals surface area contributed by atoms with Gasteiger partial charge in [0, 0.05) is 0 Å². The van der Waals surface area contributed by atoms with Crippen molar-refractivity contribution < 1.29 is 4.74 Å². The molecular weight excluding hydrogens is 160 g/mol. The molecule has 1 nitrogen and oxygen atoms in total. The van der Waals surface area contributed by atoms with Gasteiger partial charge in [-0.25, -0.2) is 0 Å². The van der Waals surface area contributed by atoms with E-state index in [2.05, 4.69) is 36.4 Å². The molecule has 0 saturated carbocycles. The van der Waals surface area contributed by atoms with Gasteiger partial charge < -0.3 is 4.74 Å². The number of hydrogen-bond donors (Lipinski definition) is 0. The third kappa shape index (κ3) is 2.43. The molecule has 68 valence electrons. The van der Waals surface area contributed by atoms with Crippen molar-refractivity contribution in [3.63, 3.8) is 0 Å². The second-order valence-electron chi connectivity index (χ2n) is 3.35. The van der Waals surface area contributed by atoms with Crippen LogP contribution in [0.3, 0.4) is 0 Å². The molecule has 2 rings (SSSR count). The monoisotopic (exact) mass is 174 g/mol. The molecule has 0 unspecified atom stereocenters. The van der Waals surface area contributed by atoms with Crippen molar-refractivity contribution in [2.75, 3.05) is 6.61 Å². The molecule has 0 N–H and O–H groups in total. The van der Waals surface area contributed by atoms with Crippen molar-refractivity contribution in [1.82, 2.24) is 0 Å². The molecule has 1 aromatic carbocycles. The molecule has 1 heterocycles. The van der Waals surface area contributed by atoms with E-state index in [4.69, 9.17) is 4.74 Å². The van der Waals surface area contributed by atoms with Crippen LogP contribution in [0.25, 0.3) is 0 Å². The van der Waals surface area contributed by atoms with Gasteiger partial charge in [0.05, 0.1) is 12.7 Å². The standard InChI is InChI=1S/C12H14O/c1-2-6-11(7-3-1)10-12-8-4-5-9-13-12/h1-7,12H,8-10H2/t12-/m1/s1. The van der Waals surface area contributed by atoms with Gasteiger partial charge in [0.25, 0.3) is 0 Å². The molecule has 0 spiro atoms. The van der Waals surface area contributed by atoms with Crippen LogP contribution < -0.4 is 0 Å². The van der Waals surface area contributed by atoms with Gasteiger partial charge in [0.1, 0.15) is 0 Å². The van der Waals surface area contributed by atoms with Crippen LogP contribution in [0.2, 0.25) is 0 Å². The predicted molar refractivity (Wildman–Crippen MR) is 53.6 cm³/mol. The van der Waals surface area contributed by atoms with E-state index in [0.29, 0.717) is 6.10 Å².